The van der Waals surface area contributed by atoms with Gasteiger partial charge in [0, 0.05) is 24.4 Å². The standard InChI is InChI=1S/C14H16ClN3O2/c1-10(9-19)6-16-14(20)11-7-17-18(8-11)13-4-2-12(15)3-5-13/h2-5,7-8,10,19H,6,9H2,1H3,(H,16,20). The first-order valence-corrected chi connectivity index (χ1v) is 6.67. The number of carbonyl (C=O) groups excluding carboxylic acids is 1. The summed E-state index contributed by atoms with van der Waals surface area (Å²) >= 11 is 5.83. The molecule has 20 heavy (non-hydrogen) atoms. The first-order chi connectivity index (χ1) is 9.60. The highest BCUT2D eigenvalue weighted by Crippen LogP contribution is 2.13. The second kappa shape index (κ2) is 6.54. The molecule has 0 saturated carbocycles. The van der Waals surface area contributed by atoms with Gasteiger partial charge >= 0.3 is 0 Å². The van der Waals surface area contributed by atoms with Crippen molar-refractivity contribution in [3.05, 3.63) is 47.2 Å². The Bertz CT molecular complexity index is 580. The highest BCUT2D eigenvalue weighted by atomic mass is 35.5. The second-order valence-corrected chi connectivity index (χ2v) is 5.08. The fraction of sp³-hybridized carbons (Fsp3) is 0.286. The maximum absolute atomic E-state index is 11.9. The van der Waals surface area contributed by atoms with E-state index in [2.05, 4.69) is 10.4 Å². The maximum atomic E-state index is 11.9. The van der Waals surface area contributed by atoms with Crippen LogP contribution in [0.5, 0.6) is 0 Å². The lowest BCUT2D eigenvalue weighted by Crippen LogP contribution is -2.29. The van der Waals surface area contributed by atoms with Crippen molar-refractivity contribution in [2.75, 3.05) is 13.2 Å². The van der Waals surface area contributed by atoms with E-state index in [9.17, 15) is 4.79 Å². The smallest absolute Gasteiger partial charge is 0.254 e. The van der Waals surface area contributed by atoms with Crippen LogP contribution in [0.15, 0.2) is 36.7 Å². The molecule has 0 spiro atoms. The molecule has 2 aromatic rings. The third-order valence-corrected chi connectivity index (χ3v) is 3.11. The van der Waals surface area contributed by atoms with Gasteiger partial charge in [0.05, 0.1) is 17.4 Å². The van der Waals surface area contributed by atoms with Crippen molar-refractivity contribution in [1.29, 1.82) is 0 Å². The predicted octanol–water partition coefficient (Wildman–Crippen LogP) is 1.88. The van der Waals surface area contributed by atoms with Gasteiger partial charge in [-0.1, -0.05) is 18.5 Å². The number of amides is 1. The molecule has 1 heterocycles. The van der Waals surface area contributed by atoms with Crippen LogP contribution in [0.4, 0.5) is 0 Å². The molecule has 0 saturated heterocycles. The van der Waals surface area contributed by atoms with Gasteiger partial charge in [0.2, 0.25) is 0 Å². The molecule has 1 amide bonds. The Hall–Kier alpha value is -1.85. The zero-order valence-corrected chi connectivity index (χ0v) is 11.8. The number of aliphatic hydroxyl groups is 1. The zero-order valence-electron chi connectivity index (χ0n) is 11.1. The van der Waals surface area contributed by atoms with Gasteiger partial charge in [-0.3, -0.25) is 4.79 Å². The lowest BCUT2D eigenvalue weighted by atomic mass is 10.2. The van der Waals surface area contributed by atoms with Crippen LogP contribution in [-0.4, -0.2) is 33.9 Å². The normalized spacial score (nSPS) is 12.2. The van der Waals surface area contributed by atoms with Crippen LogP contribution in [0.3, 0.4) is 0 Å². The monoisotopic (exact) mass is 293 g/mol. The Morgan fingerprint density at radius 3 is 2.80 bits per heavy atom. The van der Waals surface area contributed by atoms with Crippen LogP contribution in [0.2, 0.25) is 5.02 Å². The summed E-state index contributed by atoms with van der Waals surface area (Å²) in [6, 6.07) is 7.18. The van der Waals surface area contributed by atoms with Crippen LogP contribution >= 0.6 is 11.6 Å². The van der Waals surface area contributed by atoms with Crippen molar-refractivity contribution in [1.82, 2.24) is 15.1 Å². The predicted molar refractivity (Wildman–Crippen MR) is 77.2 cm³/mol. The van der Waals surface area contributed by atoms with Gasteiger partial charge in [0.15, 0.2) is 0 Å². The molecule has 0 bridgehead atoms. The van der Waals surface area contributed by atoms with Gasteiger partial charge in [-0.15, -0.1) is 0 Å². The SMILES string of the molecule is CC(CO)CNC(=O)c1cnn(-c2ccc(Cl)cc2)c1. The third kappa shape index (κ3) is 3.59. The van der Waals surface area contributed by atoms with E-state index in [1.165, 1.54) is 6.20 Å². The minimum absolute atomic E-state index is 0.0326. The van der Waals surface area contributed by atoms with E-state index < -0.39 is 0 Å². The first-order valence-electron chi connectivity index (χ1n) is 6.30. The summed E-state index contributed by atoms with van der Waals surface area (Å²) < 4.78 is 1.61. The Labute approximate surface area is 122 Å². The van der Waals surface area contributed by atoms with Crippen molar-refractivity contribution in [3.63, 3.8) is 0 Å². The number of halogens is 1. The summed E-state index contributed by atoms with van der Waals surface area (Å²) in [7, 11) is 0. The number of benzene rings is 1. The molecule has 6 heteroatoms. The summed E-state index contributed by atoms with van der Waals surface area (Å²) in [5.74, 6) is -0.171. The van der Waals surface area contributed by atoms with Gasteiger partial charge in [-0.25, -0.2) is 4.68 Å². The zero-order chi connectivity index (χ0) is 14.5. The van der Waals surface area contributed by atoms with E-state index in [0.29, 0.717) is 17.1 Å². The number of hydrogen-bond acceptors (Lipinski definition) is 3. The highest BCUT2D eigenvalue weighted by molar-refractivity contribution is 6.30. The van der Waals surface area contributed by atoms with Gasteiger partial charge in [-0.05, 0) is 30.2 Å². The van der Waals surface area contributed by atoms with E-state index in [1.807, 2.05) is 19.1 Å². The maximum Gasteiger partial charge on any atom is 0.254 e. The number of nitrogens with one attached hydrogen (secondary N) is 1. The minimum atomic E-state index is -0.203. The Kier molecular flexibility index (Phi) is 4.76. The van der Waals surface area contributed by atoms with E-state index >= 15 is 0 Å². The van der Waals surface area contributed by atoms with E-state index in [1.54, 1.807) is 23.0 Å². The molecule has 1 aromatic carbocycles. The lowest BCUT2D eigenvalue weighted by molar-refractivity contribution is 0.0942. The van der Waals surface area contributed by atoms with Crippen LogP contribution in [0.25, 0.3) is 5.69 Å². The molecule has 2 N–H and O–H groups in total. The molecule has 1 atom stereocenters. The van der Waals surface area contributed by atoms with Crippen molar-refractivity contribution < 1.29 is 9.90 Å². The molecule has 106 valence electrons. The van der Waals surface area contributed by atoms with Gasteiger partial charge in [0.1, 0.15) is 0 Å². The molecule has 0 fully saturated rings. The van der Waals surface area contributed by atoms with Gasteiger partial charge in [-0.2, -0.15) is 5.10 Å². The van der Waals surface area contributed by atoms with Crippen LogP contribution < -0.4 is 5.32 Å². The van der Waals surface area contributed by atoms with E-state index in [-0.39, 0.29) is 18.4 Å². The fourth-order valence-electron chi connectivity index (χ4n) is 1.61. The second-order valence-electron chi connectivity index (χ2n) is 4.65. The van der Waals surface area contributed by atoms with Crippen molar-refractivity contribution in [2.45, 2.75) is 6.92 Å². The van der Waals surface area contributed by atoms with Gasteiger partial charge in [0.25, 0.3) is 5.91 Å². The van der Waals surface area contributed by atoms with Crippen molar-refractivity contribution >= 4 is 17.5 Å². The Balaban J connectivity index is 2.05. The highest BCUT2D eigenvalue weighted by Gasteiger charge is 2.10. The topological polar surface area (TPSA) is 67.2 Å². The van der Waals surface area contributed by atoms with Crippen molar-refractivity contribution in [2.24, 2.45) is 5.92 Å². The minimum Gasteiger partial charge on any atom is -0.396 e. The summed E-state index contributed by atoms with van der Waals surface area (Å²) in [5.41, 5.74) is 1.31. The van der Waals surface area contributed by atoms with Crippen LogP contribution in [-0.2, 0) is 0 Å². The average Bonchev–Trinajstić information content (AvgIpc) is 2.95. The molecule has 0 radical (unpaired) electrons. The molecule has 2 rings (SSSR count). The first kappa shape index (κ1) is 14.6. The number of rotatable bonds is 5. The molecule has 1 unspecified atom stereocenters. The van der Waals surface area contributed by atoms with Crippen molar-refractivity contribution in [3.8, 4) is 5.69 Å². The van der Waals surface area contributed by atoms with Gasteiger partial charge < -0.3 is 10.4 Å². The van der Waals surface area contributed by atoms with E-state index in [0.717, 1.165) is 5.69 Å². The Morgan fingerprint density at radius 2 is 2.15 bits per heavy atom. The molecule has 0 aliphatic heterocycles. The molecule has 1 aromatic heterocycles. The Morgan fingerprint density at radius 1 is 1.45 bits per heavy atom. The van der Waals surface area contributed by atoms with Crippen LogP contribution in [0, 0.1) is 5.92 Å². The number of aliphatic hydroxyl groups excluding tert-OH is 1. The summed E-state index contributed by atoms with van der Waals surface area (Å²) in [4.78, 5) is 11.9. The summed E-state index contributed by atoms with van der Waals surface area (Å²) in [6.45, 7) is 2.34. The number of hydrogen-bond donors (Lipinski definition) is 2. The number of nitrogens with zero attached hydrogens (tertiary/aromatic N) is 2. The fourth-order valence-corrected chi connectivity index (χ4v) is 1.73. The van der Waals surface area contributed by atoms with Crippen LogP contribution in [0.1, 0.15) is 17.3 Å². The third-order valence-electron chi connectivity index (χ3n) is 2.86. The largest absolute Gasteiger partial charge is 0.396 e. The molecule has 0 aliphatic rings. The summed E-state index contributed by atoms with van der Waals surface area (Å²) in [5, 5.41) is 16.5. The summed E-state index contributed by atoms with van der Waals surface area (Å²) in [6.07, 6.45) is 3.16. The quantitative estimate of drug-likeness (QED) is 0.884. The molecular formula is C14H16ClN3O2. The average molecular weight is 294 g/mol. The lowest BCUT2D eigenvalue weighted by Gasteiger charge is -2.08. The number of carbonyl (C=O) groups is 1. The molecule has 0 aliphatic carbocycles. The van der Waals surface area contributed by atoms with E-state index in [4.69, 9.17) is 16.7 Å². The number of aromatic nitrogens is 2. The molecule has 5 nitrogen and oxygen atoms in total. The molecular weight excluding hydrogens is 278 g/mol.